The smallest absolute Gasteiger partial charge is 0.355 e. The maximum atomic E-state index is 12.2. The zero-order chi connectivity index (χ0) is 19.6. The molecule has 2 aromatic heterocycles. The van der Waals surface area contributed by atoms with Crippen LogP contribution in [0.25, 0.3) is 0 Å². The molecule has 8 nitrogen and oxygen atoms in total. The summed E-state index contributed by atoms with van der Waals surface area (Å²) in [7, 11) is 0. The number of aliphatic hydroxyl groups excluding tert-OH is 1. The summed E-state index contributed by atoms with van der Waals surface area (Å²) in [6.07, 6.45) is -0.709. The monoisotopic (exact) mass is 363 g/mol. The first kappa shape index (κ1) is 19.7. The van der Waals surface area contributed by atoms with E-state index in [0.717, 1.165) is 0 Å². The Bertz CT molecular complexity index is 811. The highest BCUT2D eigenvalue weighted by Crippen LogP contribution is 2.25. The molecule has 0 spiro atoms. The second-order valence-corrected chi connectivity index (χ2v) is 7.29. The SMILES string of the molecule is Cc1[nH]c(C(=O)OCC(=O)Nc2cc(C(C)(C)C)no2)c(C)c1[C@H](C)O. The van der Waals surface area contributed by atoms with E-state index in [-0.39, 0.29) is 17.0 Å². The lowest BCUT2D eigenvalue weighted by molar-refractivity contribution is -0.119. The van der Waals surface area contributed by atoms with Crippen LogP contribution < -0.4 is 5.32 Å². The third-order valence-electron chi connectivity index (χ3n) is 3.99. The van der Waals surface area contributed by atoms with E-state index in [1.54, 1.807) is 26.8 Å². The number of nitrogens with one attached hydrogen (secondary N) is 2. The van der Waals surface area contributed by atoms with Gasteiger partial charge in [-0.3, -0.25) is 10.1 Å². The lowest BCUT2D eigenvalue weighted by Crippen LogP contribution is -2.21. The molecule has 8 heteroatoms. The predicted molar refractivity (Wildman–Crippen MR) is 95.0 cm³/mol. The van der Waals surface area contributed by atoms with Crippen LogP contribution in [0.4, 0.5) is 5.88 Å². The summed E-state index contributed by atoms with van der Waals surface area (Å²) in [6.45, 7) is 10.5. The minimum Gasteiger partial charge on any atom is -0.451 e. The Morgan fingerprint density at radius 1 is 1.38 bits per heavy atom. The summed E-state index contributed by atoms with van der Waals surface area (Å²) in [6, 6.07) is 1.63. The number of carbonyl (C=O) groups is 2. The molecule has 0 aliphatic carbocycles. The first-order valence-electron chi connectivity index (χ1n) is 8.32. The molecule has 142 valence electrons. The quantitative estimate of drug-likeness (QED) is 0.703. The van der Waals surface area contributed by atoms with Crippen LogP contribution in [-0.4, -0.2) is 33.7 Å². The van der Waals surface area contributed by atoms with Crippen LogP contribution in [0.2, 0.25) is 0 Å². The van der Waals surface area contributed by atoms with E-state index in [4.69, 9.17) is 9.26 Å². The number of aliphatic hydroxyl groups is 1. The van der Waals surface area contributed by atoms with Crippen molar-refractivity contribution < 1.29 is 24.0 Å². The van der Waals surface area contributed by atoms with Gasteiger partial charge in [-0.2, -0.15) is 0 Å². The molecule has 1 atom stereocenters. The summed E-state index contributed by atoms with van der Waals surface area (Å²) in [5.41, 5.74) is 2.66. The predicted octanol–water partition coefficient (Wildman–Crippen LogP) is 2.77. The van der Waals surface area contributed by atoms with Gasteiger partial charge >= 0.3 is 5.97 Å². The molecule has 0 aliphatic heterocycles. The minimum atomic E-state index is -0.709. The number of hydrogen-bond acceptors (Lipinski definition) is 6. The second-order valence-electron chi connectivity index (χ2n) is 7.29. The number of amides is 1. The van der Waals surface area contributed by atoms with Crippen molar-refractivity contribution in [2.75, 3.05) is 11.9 Å². The topological polar surface area (TPSA) is 117 Å². The lowest BCUT2D eigenvalue weighted by atomic mass is 9.92. The Labute approximate surface area is 151 Å². The van der Waals surface area contributed by atoms with Gasteiger partial charge in [-0.05, 0) is 26.3 Å². The van der Waals surface area contributed by atoms with Gasteiger partial charge in [-0.15, -0.1) is 0 Å². The van der Waals surface area contributed by atoms with Gasteiger partial charge in [0.1, 0.15) is 5.69 Å². The number of hydrogen-bond donors (Lipinski definition) is 3. The fourth-order valence-electron chi connectivity index (χ4n) is 2.66. The lowest BCUT2D eigenvalue weighted by Gasteiger charge is -2.12. The summed E-state index contributed by atoms with van der Waals surface area (Å²) >= 11 is 0. The van der Waals surface area contributed by atoms with Crippen molar-refractivity contribution in [3.05, 3.63) is 34.3 Å². The van der Waals surface area contributed by atoms with E-state index in [9.17, 15) is 14.7 Å². The second kappa shape index (κ2) is 7.33. The zero-order valence-electron chi connectivity index (χ0n) is 15.9. The van der Waals surface area contributed by atoms with Crippen molar-refractivity contribution in [3.8, 4) is 0 Å². The standard InChI is InChI=1S/C18H25N3O5/c1-9-15(11(3)22)10(2)19-16(9)17(24)25-8-13(23)20-14-7-12(21-26-14)18(4,5)6/h7,11,19,22H,8H2,1-6H3,(H,20,23)/t11-/m0/s1. The molecule has 0 aromatic carbocycles. The van der Waals surface area contributed by atoms with Crippen LogP contribution in [0.1, 0.15) is 66.8 Å². The van der Waals surface area contributed by atoms with Crippen LogP contribution >= 0.6 is 0 Å². The summed E-state index contributed by atoms with van der Waals surface area (Å²) in [4.78, 5) is 27.0. The molecule has 0 radical (unpaired) electrons. The summed E-state index contributed by atoms with van der Waals surface area (Å²) in [5, 5.41) is 16.2. The Balaban J connectivity index is 1.96. The molecular formula is C18H25N3O5. The van der Waals surface area contributed by atoms with Gasteiger partial charge in [0.15, 0.2) is 6.61 Å². The van der Waals surface area contributed by atoms with Gasteiger partial charge < -0.3 is 19.4 Å². The van der Waals surface area contributed by atoms with Crippen molar-refractivity contribution in [1.82, 2.24) is 10.1 Å². The van der Waals surface area contributed by atoms with Crippen molar-refractivity contribution >= 4 is 17.8 Å². The summed E-state index contributed by atoms with van der Waals surface area (Å²) in [5.74, 6) is -1.01. The van der Waals surface area contributed by atoms with Crippen molar-refractivity contribution in [2.45, 2.75) is 53.1 Å². The molecule has 2 rings (SSSR count). The van der Waals surface area contributed by atoms with Crippen molar-refractivity contribution in [3.63, 3.8) is 0 Å². The fraction of sp³-hybridized carbons (Fsp3) is 0.500. The number of nitrogens with zero attached hydrogens (tertiary/aromatic N) is 1. The van der Waals surface area contributed by atoms with Crippen LogP contribution in [0.15, 0.2) is 10.6 Å². The van der Waals surface area contributed by atoms with Crippen LogP contribution in [0, 0.1) is 13.8 Å². The summed E-state index contributed by atoms with van der Waals surface area (Å²) < 4.78 is 10.1. The number of anilines is 1. The van der Waals surface area contributed by atoms with Crippen LogP contribution in [0.3, 0.4) is 0 Å². The van der Waals surface area contributed by atoms with E-state index < -0.39 is 24.6 Å². The highest BCUT2D eigenvalue weighted by atomic mass is 16.5. The Morgan fingerprint density at radius 2 is 2.04 bits per heavy atom. The maximum absolute atomic E-state index is 12.2. The molecule has 3 N–H and O–H groups in total. The van der Waals surface area contributed by atoms with Crippen molar-refractivity contribution in [1.29, 1.82) is 0 Å². The van der Waals surface area contributed by atoms with E-state index in [1.165, 1.54) is 0 Å². The third-order valence-corrected chi connectivity index (χ3v) is 3.99. The number of aryl methyl sites for hydroxylation is 1. The zero-order valence-corrected chi connectivity index (χ0v) is 15.9. The van der Waals surface area contributed by atoms with Crippen LogP contribution in [-0.2, 0) is 14.9 Å². The molecule has 0 saturated carbocycles. The van der Waals surface area contributed by atoms with Gasteiger partial charge in [-0.1, -0.05) is 25.9 Å². The molecule has 0 bridgehead atoms. The molecule has 26 heavy (non-hydrogen) atoms. The number of rotatable bonds is 5. The number of carbonyl (C=O) groups excluding carboxylic acids is 2. The third kappa shape index (κ3) is 4.32. The van der Waals surface area contributed by atoms with Crippen LogP contribution in [0.5, 0.6) is 0 Å². The minimum absolute atomic E-state index is 0.194. The first-order valence-corrected chi connectivity index (χ1v) is 8.32. The molecule has 0 unspecified atom stereocenters. The number of aromatic amines is 1. The fourth-order valence-corrected chi connectivity index (χ4v) is 2.66. The van der Waals surface area contributed by atoms with Gasteiger partial charge in [0, 0.05) is 22.7 Å². The highest BCUT2D eigenvalue weighted by Gasteiger charge is 2.22. The number of ether oxygens (including phenoxy) is 1. The molecular weight excluding hydrogens is 338 g/mol. The average Bonchev–Trinajstić information content (AvgIpc) is 3.09. The number of H-pyrrole nitrogens is 1. The number of aromatic nitrogens is 2. The highest BCUT2D eigenvalue weighted by molar-refractivity contribution is 5.95. The molecule has 0 aliphatic rings. The molecule has 2 heterocycles. The molecule has 2 aromatic rings. The maximum Gasteiger partial charge on any atom is 0.355 e. The Morgan fingerprint density at radius 3 is 2.54 bits per heavy atom. The largest absolute Gasteiger partial charge is 0.451 e. The van der Waals surface area contributed by atoms with E-state index >= 15 is 0 Å². The first-order chi connectivity index (χ1) is 12.0. The molecule has 0 fully saturated rings. The van der Waals surface area contributed by atoms with E-state index in [1.807, 2.05) is 20.8 Å². The normalized spacial score (nSPS) is 12.7. The van der Waals surface area contributed by atoms with Gasteiger partial charge in [0.05, 0.1) is 11.8 Å². The average molecular weight is 363 g/mol. The Kier molecular flexibility index (Phi) is 5.56. The molecule has 0 saturated heterocycles. The van der Waals surface area contributed by atoms with E-state index in [0.29, 0.717) is 22.5 Å². The van der Waals surface area contributed by atoms with E-state index in [2.05, 4.69) is 15.5 Å². The van der Waals surface area contributed by atoms with Gasteiger partial charge in [-0.25, -0.2) is 4.79 Å². The van der Waals surface area contributed by atoms with Crippen molar-refractivity contribution in [2.24, 2.45) is 0 Å². The van der Waals surface area contributed by atoms with Gasteiger partial charge in [0.25, 0.3) is 5.91 Å². The van der Waals surface area contributed by atoms with Gasteiger partial charge in [0.2, 0.25) is 5.88 Å². The number of esters is 1. The molecule has 1 amide bonds. The Hall–Kier alpha value is -2.61.